The third-order valence-electron chi connectivity index (χ3n) is 3.09. The Kier molecular flexibility index (Phi) is 5.79. The average molecular weight is 360 g/mol. The highest BCUT2D eigenvalue weighted by Gasteiger charge is 2.25. The fourth-order valence-corrected chi connectivity index (χ4v) is 1.91. The molecule has 134 valence electrons. The molecule has 0 atom stereocenters. The first-order valence-electron chi connectivity index (χ1n) is 7.02. The first-order valence-corrected chi connectivity index (χ1v) is 7.02. The first kappa shape index (κ1) is 18.5. The summed E-state index contributed by atoms with van der Waals surface area (Å²) >= 11 is 0. The lowest BCUT2D eigenvalue weighted by atomic mass is 10.2. The number of nitrogens with one attached hydrogen (secondary N) is 1. The van der Waals surface area contributed by atoms with Crippen LogP contribution in [0.2, 0.25) is 0 Å². The minimum atomic E-state index is -2.24. The van der Waals surface area contributed by atoms with Gasteiger partial charge in [-0.3, -0.25) is 5.43 Å². The molecule has 2 aromatic carbocycles. The predicted octanol–water partition coefficient (Wildman–Crippen LogP) is 4.24. The molecule has 0 radical (unpaired) electrons. The number of hydrogen-bond donors (Lipinski definition) is 1. The SMILES string of the molecule is CCOc1ccc(/C=N\Nc2c(F)c(F)c(F)c(F)c2F)cc1OC. The largest absolute Gasteiger partial charge is 0.493 e. The van der Waals surface area contributed by atoms with Gasteiger partial charge in [-0.15, -0.1) is 0 Å². The van der Waals surface area contributed by atoms with E-state index in [2.05, 4.69) is 5.10 Å². The Morgan fingerprint density at radius 2 is 1.56 bits per heavy atom. The highest BCUT2D eigenvalue weighted by atomic mass is 19.2. The van der Waals surface area contributed by atoms with Crippen molar-refractivity contribution in [1.82, 2.24) is 0 Å². The van der Waals surface area contributed by atoms with Crippen LogP contribution in [0.25, 0.3) is 0 Å². The van der Waals surface area contributed by atoms with E-state index in [1.807, 2.05) is 5.43 Å². The summed E-state index contributed by atoms with van der Waals surface area (Å²) in [7, 11) is 1.42. The van der Waals surface area contributed by atoms with Crippen molar-refractivity contribution >= 4 is 11.9 Å². The minimum Gasteiger partial charge on any atom is -0.493 e. The molecule has 0 amide bonds. The second kappa shape index (κ2) is 7.82. The summed E-state index contributed by atoms with van der Waals surface area (Å²) in [4.78, 5) is 0. The molecule has 0 fully saturated rings. The topological polar surface area (TPSA) is 42.8 Å². The number of nitrogens with zero attached hydrogens (tertiary/aromatic N) is 1. The molecule has 9 heteroatoms. The molecule has 0 aliphatic rings. The molecule has 0 aliphatic carbocycles. The Bertz CT molecular complexity index is 783. The Morgan fingerprint density at radius 1 is 0.960 bits per heavy atom. The van der Waals surface area contributed by atoms with E-state index in [-0.39, 0.29) is 0 Å². The summed E-state index contributed by atoms with van der Waals surface area (Å²) in [5, 5.41) is 3.49. The van der Waals surface area contributed by atoms with Crippen LogP contribution in [0.5, 0.6) is 11.5 Å². The van der Waals surface area contributed by atoms with Crippen LogP contribution in [0.4, 0.5) is 27.6 Å². The molecular weight excluding hydrogens is 347 g/mol. The third kappa shape index (κ3) is 3.81. The molecule has 2 rings (SSSR count). The van der Waals surface area contributed by atoms with Crippen LogP contribution >= 0.6 is 0 Å². The fraction of sp³-hybridized carbons (Fsp3) is 0.188. The van der Waals surface area contributed by atoms with Crippen molar-refractivity contribution in [3.63, 3.8) is 0 Å². The molecule has 0 saturated heterocycles. The van der Waals surface area contributed by atoms with E-state index in [1.54, 1.807) is 19.1 Å². The van der Waals surface area contributed by atoms with Crippen LogP contribution in [0, 0.1) is 29.1 Å². The summed E-state index contributed by atoms with van der Waals surface area (Å²) in [6, 6.07) is 4.67. The van der Waals surface area contributed by atoms with Crippen LogP contribution in [-0.2, 0) is 0 Å². The van der Waals surface area contributed by atoms with E-state index >= 15 is 0 Å². The molecule has 2 aromatic rings. The Labute approximate surface area is 139 Å². The predicted molar refractivity (Wildman–Crippen MR) is 81.6 cm³/mol. The summed E-state index contributed by atoms with van der Waals surface area (Å²) in [5.74, 6) is -9.48. The van der Waals surface area contributed by atoms with Gasteiger partial charge in [0, 0.05) is 0 Å². The molecule has 4 nitrogen and oxygen atoms in total. The lowest BCUT2D eigenvalue weighted by Gasteiger charge is -2.09. The minimum absolute atomic E-state index is 0.391. The zero-order chi connectivity index (χ0) is 18.6. The number of hydrazone groups is 1. The van der Waals surface area contributed by atoms with Crippen molar-refractivity contribution in [2.75, 3.05) is 19.1 Å². The summed E-state index contributed by atoms with van der Waals surface area (Å²) in [5.41, 5.74) is 1.01. The normalized spacial score (nSPS) is 11.0. The van der Waals surface area contributed by atoms with Gasteiger partial charge >= 0.3 is 0 Å². The first-order chi connectivity index (χ1) is 11.9. The zero-order valence-corrected chi connectivity index (χ0v) is 13.2. The van der Waals surface area contributed by atoms with Crippen molar-refractivity contribution in [3.8, 4) is 11.5 Å². The van der Waals surface area contributed by atoms with Gasteiger partial charge in [-0.1, -0.05) is 0 Å². The van der Waals surface area contributed by atoms with Crippen LogP contribution in [0.15, 0.2) is 23.3 Å². The average Bonchev–Trinajstić information content (AvgIpc) is 2.62. The van der Waals surface area contributed by atoms with Gasteiger partial charge in [0.05, 0.1) is 19.9 Å². The van der Waals surface area contributed by atoms with E-state index in [4.69, 9.17) is 9.47 Å². The Morgan fingerprint density at radius 3 is 2.12 bits per heavy atom. The van der Waals surface area contributed by atoms with Gasteiger partial charge in [0.1, 0.15) is 5.69 Å². The van der Waals surface area contributed by atoms with Gasteiger partial charge in [-0.2, -0.15) is 5.10 Å². The van der Waals surface area contributed by atoms with E-state index in [0.29, 0.717) is 23.7 Å². The van der Waals surface area contributed by atoms with Gasteiger partial charge in [0.15, 0.2) is 34.8 Å². The second-order valence-electron chi connectivity index (χ2n) is 4.66. The van der Waals surface area contributed by atoms with Crippen LogP contribution in [-0.4, -0.2) is 19.9 Å². The van der Waals surface area contributed by atoms with Crippen molar-refractivity contribution in [2.24, 2.45) is 5.10 Å². The van der Waals surface area contributed by atoms with Crippen LogP contribution in [0.1, 0.15) is 12.5 Å². The number of ether oxygens (including phenoxy) is 2. The van der Waals surface area contributed by atoms with E-state index in [9.17, 15) is 22.0 Å². The van der Waals surface area contributed by atoms with Gasteiger partial charge in [-0.05, 0) is 30.7 Å². The summed E-state index contributed by atoms with van der Waals surface area (Å²) < 4.78 is 76.5. The van der Waals surface area contributed by atoms with Crippen molar-refractivity contribution in [2.45, 2.75) is 6.92 Å². The van der Waals surface area contributed by atoms with Crippen molar-refractivity contribution in [3.05, 3.63) is 52.8 Å². The number of anilines is 1. The van der Waals surface area contributed by atoms with E-state index in [1.165, 1.54) is 13.2 Å². The van der Waals surface area contributed by atoms with Gasteiger partial charge in [-0.25, -0.2) is 22.0 Å². The molecule has 0 heterocycles. The van der Waals surface area contributed by atoms with Gasteiger partial charge in [0.2, 0.25) is 5.82 Å². The highest BCUT2D eigenvalue weighted by molar-refractivity contribution is 5.81. The molecule has 25 heavy (non-hydrogen) atoms. The molecule has 0 aromatic heterocycles. The summed E-state index contributed by atoms with van der Waals surface area (Å²) in [6.07, 6.45) is 1.12. The maximum absolute atomic E-state index is 13.5. The highest BCUT2D eigenvalue weighted by Crippen LogP contribution is 2.28. The molecule has 0 unspecified atom stereocenters. The maximum atomic E-state index is 13.5. The zero-order valence-electron chi connectivity index (χ0n) is 13.2. The smallest absolute Gasteiger partial charge is 0.200 e. The van der Waals surface area contributed by atoms with Crippen molar-refractivity contribution in [1.29, 1.82) is 0 Å². The summed E-state index contributed by atoms with van der Waals surface area (Å²) in [6.45, 7) is 2.22. The molecule has 0 saturated carbocycles. The quantitative estimate of drug-likeness (QED) is 0.276. The Balaban J connectivity index is 2.25. The molecule has 0 bridgehead atoms. The fourth-order valence-electron chi connectivity index (χ4n) is 1.91. The number of rotatable bonds is 6. The molecule has 0 aliphatic heterocycles. The lowest BCUT2D eigenvalue weighted by molar-refractivity contribution is 0.311. The van der Waals surface area contributed by atoms with Crippen LogP contribution < -0.4 is 14.9 Å². The van der Waals surface area contributed by atoms with Crippen molar-refractivity contribution < 1.29 is 31.4 Å². The van der Waals surface area contributed by atoms with Gasteiger partial charge < -0.3 is 9.47 Å². The lowest BCUT2D eigenvalue weighted by Crippen LogP contribution is -2.06. The number of methoxy groups -OCH3 is 1. The van der Waals surface area contributed by atoms with Crippen LogP contribution in [0.3, 0.4) is 0 Å². The van der Waals surface area contributed by atoms with Gasteiger partial charge in [0.25, 0.3) is 0 Å². The number of hydrogen-bond acceptors (Lipinski definition) is 4. The molecular formula is C16H13F5N2O2. The molecule has 1 N–H and O–H groups in total. The standard InChI is InChI=1S/C16H13F5N2O2/c1-3-25-9-5-4-8(6-10(9)24-2)7-22-23-16-14(20)12(18)11(17)13(19)15(16)21/h4-7,23H,3H2,1-2H3/b22-7-. The Hall–Kier alpha value is -2.84. The maximum Gasteiger partial charge on any atom is 0.200 e. The number of benzene rings is 2. The second-order valence-corrected chi connectivity index (χ2v) is 4.66. The number of halogens is 5. The van der Waals surface area contributed by atoms with E-state index in [0.717, 1.165) is 6.21 Å². The third-order valence-corrected chi connectivity index (χ3v) is 3.09. The van der Waals surface area contributed by atoms with E-state index < -0.39 is 34.8 Å². The monoisotopic (exact) mass is 360 g/mol. The molecule has 0 spiro atoms.